The van der Waals surface area contributed by atoms with Gasteiger partial charge in [0, 0.05) is 59.6 Å². The summed E-state index contributed by atoms with van der Waals surface area (Å²) in [6, 6.07) is 19.7. The van der Waals surface area contributed by atoms with Gasteiger partial charge in [-0.05, 0) is 53.1 Å². The minimum atomic E-state index is -1.43. The van der Waals surface area contributed by atoms with E-state index in [1.54, 1.807) is 56.6 Å². The third-order valence-corrected chi connectivity index (χ3v) is 7.10. The molecule has 0 unspecified atom stereocenters. The normalized spacial score (nSPS) is 17.9. The van der Waals surface area contributed by atoms with Gasteiger partial charge in [0.2, 0.25) is 5.90 Å². The highest BCUT2D eigenvalue weighted by atomic mass is 35.5. The van der Waals surface area contributed by atoms with Gasteiger partial charge in [0.1, 0.15) is 5.75 Å². The fraction of sp³-hybridized carbons (Fsp3) is 0.310. The van der Waals surface area contributed by atoms with Crippen LogP contribution in [-0.4, -0.2) is 54.7 Å². The van der Waals surface area contributed by atoms with Crippen LogP contribution in [0, 0.1) is 0 Å². The maximum Gasteiger partial charge on any atom is 0.254 e. The topological polar surface area (TPSA) is 120 Å². The number of amides is 1. The molecule has 1 amide bonds. The van der Waals surface area contributed by atoms with Gasteiger partial charge >= 0.3 is 0 Å². The van der Waals surface area contributed by atoms with Crippen LogP contribution in [0.1, 0.15) is 34.8 Å². The van der Waals surface area contributed by atoms with Crippen LogP contribution in [0.2, 0.25) is 10.0 Å². The van der Waals surface area contributed by atoms with Gasteiger partial charge in [-0.1, -0.05) is 58.6 Å². The lowest BCUT2D eigenvalue weighted by molar-refractivity contribution is -0.137. The second kappa shape index (κ2) is 13.1. The van der Waals surface area contributed by atoms with Gasteiger partial charge in [0.05, 0.1) is 13.2 Å². The van der Waals surface area contributed by atoms with Gasteiger partial charge in [-0.2, -0.15) is 0 Å². The van der Waals surface area contributed by atoms with E-state index in [2.05, 4.69) is 10.0 Å². The van der Waals surface area contributed by atoms with Crippen molar-refractivity contribution in [3.05, 3.63) is 109 Å². The molecular formula is C29H29Cl2N5O4. The predicted octanol–water partition coefficient (Wildman–Crippen LogP) is 6.15. The second-order valence-corrected chi connectivity index (χ2v) is 10.3. The Balaban J connectivity index is 1.85. The number of hydrogen-bond acceptors (Lipinski definition) is 6. The summed E-state index contributed by atoms with van der Waals surface area (Å²) in [6.07, 6.45) is -0.191. The molecule has 1 heterocycles. The summed E-state index contributed by atoms with van der Waals surface area (Å²) in [5.41, 5.74) is 10.3. The number of nitrogens with zero attached hydrogens (tertiary/aromatic N) is 5. The molecule has 0 aliphatic carbocycles. The summed E-state index contributed by atoms with van der Waals surface area (Å²) in [6.45, 7) is 0.561. The molecule has 0 saturated carbocycles. The second-order valence-electron chi connectivity index (χ2n) is 9.49. The number of aliphatic hydroxyl groups is 1. The van der Waals surface area contributed by atoms with Crippen LogP contribution < -0.4 is 4.74 Å². The van der Waals surface area contributed by atoms with E-state index < -0.39 is 11.6 Å². The number of halogens is 2. The Morgan fingerprint density at radius 3 is 2.52 bits per heavy atom. The first-order chi connectivity index (χ1) is 19.3. The van der Waals surface area contributed by atoms with Crippen LogP contribution in [0.15, 0.2) is 76.8 Å². The van der Waals surface area contributed by atoms with E-state index in [-0.39, 0.29) is 31.4 Å². The summed E-state index contributed by atoms with van der Waals surface area (Å²) < 4.78 is 12.1. The number of carbonyl (C=O) groups is 1. The maximum absolute atomic E-state index is 14.1. The highest BCUT2D eigenvalue weighted by molar-refractivity contribution is 6.35. The molecule has 0 fully saturated rings. The van der Waals surface area contributed by atoms with E-state index in [1.165, 1.54) is 4.90 Å². The molecule has 3 aromatic rings. The average Bonchev–Trinajstić information content (AvgIpc) is 3.32. The lowest BCUT2D eigenvalue weighted by Gasteiger charge is -2.33. The van der Waals surface area contributed by atoms with Gasteiger partial charge in [0.15, 0.2) is 11.6 Å². The fourth-order valence-corrected chi connectivity index (χ4v) is 5.14. The standard InChI is InChI=1S/C29H29Cl2N5O4/c1-36(2)28(38)29(17-20-6-3-4-7-21(20)18-33-35-32)26(24-13-10-22(30)16-25(24)31)40-27(34-29)19-8-11-23(12-9-19)39-15-5-14-37/h3-4,6-13,16,26,37H,5,14-15,17-18H2,1-2H3/t26-,29-/m1/s1. The van der Waals surface area contributed by atoms with E-state index in [0.29, 0.717) is 39.9 Å². The molecule has 0 radical (unpaired) electrons. The molecule has 0 saturated heterocycles. The number of benzene rings is 3. The summed E-state index contributed by atoms with van der Waals surface area (Å²) in [7, 11) is 3.34. The Bertz CT molecular complexity index is 1440. The van der Waals surface area contributed by atoms with Crippen molar-refractivity contribution in [2.24, 2.45) is 10.1 Å². The molecule has 0 bridgehead atoms. The van der Waals surface area contributed by atoms with E-state index in [0.717, 1.165) is 11.1 Å². The smallest absolute Gasteiger partial charge is 0.254 e. The first-order valence-electron chi connectivity index (χ1n) is 12.6. The SMILES string of the molecule is CN(C)C(=O)[C@]1(Cc2ccccc2CN=[N+]=[N-])N=C(c2ccc(OCCCO)cc2)O[C@@H]1c1ccc(Cl)cc1Cl. The Morgan fingerprint density at radius 2 is 1.88 bits per heavy atom. The molecule has 2 atom stereocenters. The molecule has 1 aliphatic rings. The van der Waals surface area contributed by atoms with Crippen LogP contribution in [-0.2, 0) is 22.5 Å². The van der Waals surface area contributed by atoms with E-state index >= 15 is 0 Å². The first-order valence-corrected chi connectivity index (χ1v) is 13.4. The van der Waals surface area contributed by atoms with Gasteiger partial charge in [0.25, 0.3) is 5.91 Å². The van der Waals surface area contributed by atoms with Crippen molar-refractivity contribution in [3.63, 3.8) is 0 Å². The van der Waals surface area contributed by atoms with Gasteiger partial charge in [-0.15, -0.1) is 0 Å². The van der Waals surface area contributed by atoms with Crippen molar-refractivity contribution in [1.29, 1.82) is 0 Å². The number of hydrogen-bond donors (Lipinski definition) is 1. The Morgan fingerprint density at radius 1 is 1.15 bits per heavy atom. The van der Waals surface area contributed by atoms with Crippen molar-refractivity contribution in [2.75, 3.05) is 27.3 Å². The molecule has 3 aromatic carbocycles. The van der Waals surface area contributed by atoms with Gasteiger partial charge in [-0.25, -0.2) is 4.99 Å². The summed E-state index contributed by atoms with van der Waals surface area (Å²) >= 11 is 12.9. The first kappa shape index (κ1) is 29.2. The Labute approximate surface area is 242 Å². The maximum atomic E-state index is 14.1. The molecule has 0 spiro atoms. The van der Waals surface area contributed by atoms with Crippen molar-refractivity contribution in [3.8, 4) is 5.75 Å². The van der Waals surface area contributed by atoms with Crippen LogP contribution in [0.5, 0.6) is 5.75 Å². The van der Waals surface area contributed by atoms with Gasteiger partial charge < -0.3 is 19.5 Å². The Hall–Kier alpha value is -3.75. The van der Waals surface area contributed by atoms with E-state index in [4.69, 9.17) is 48.3 Å². The largest absolute Gasteiger partial charge is 0.494 e. The van der Waals surface area contributed by atoms with Gasteiger partial charge in [-0.3, -0.25) is 4.79 Å². The molecule has 208 valence electrons. The van der Waals surface area contributed by atoms with Crippen molar-refractivity contribution < 1.29 is 19.4 Å². The molecule has 1 aliphatic heterocycles. The van der Waals surface area contributed by atoms with Crippen molar-refractivity contribution in [2.45, 2.75) is 31.0 Å². The molecule has 40 heavy (non-hydrogen) atoms. The highest BCUT2D eigenvalue weighted by Gasteiger charge is 2.54. The number of aliphatic hydroxyl groups excluding tert-OH is 1. The summed E-state index contributed by atoms with van der Waals surface area (Å²) in [4.78, 5) is 23.5. The monoisotopic (exact) mass is 581 g/mol. The number of aliphatic imine (C=N–C) groups is 1. The molecule has 11 heteroatoms. The Kier molecular flexibility index (Phi) is 9.55. The predicted molar refractivity (Wildman–Crippen MR) is 155 cm³/mol. The summed E-state index contributed by atoms with van der Waals surface area (Å²) in [5.74, 6) is 0.636. The number of azide groups is 1. The van der Waals surface area contributed by atoms with Crippen LogP contribution >= 0.6 is 23.2 Å². The fourth-order valence-electron chi connectivity index (χ4n) is 4.63. The minimum absolute atomic E-state index is 0.0470. The number of carbonyl (C=O) groups excluding carboxylic acids is 1. The van der Waals surface area contributed by atoms with Crippen LogP contribution in [0.3, 0.4) is 0 Å². The molecule has 0 aromatic heterocycles. The van der Waals surface area contributed by atoms with Crippen molar-refractivity contribution >= 4 is 35.0 Å². The number of likely N-dealkylation sites (N-methyl/N-ethyl adjacent to an activating group) is 1. The quantitative estimate of drug-likeness (QED) is 0.126. The van der Waals surface area contributed by atoms with Crippen LogP contribution in [0.4, 0.5) is 0 Å². The minimum Gasteiger partial charge on any atom is -0.494 e. The lowest BCUT2D eigenvalue weighted by Crippen LogP contribution is -2.49. The summed E-state index contributed by atoms with van der Waals surface area (Å²) in [5, 5.41) is 13.5. The number of ether oxygens (including phenoxy) is 2. The highest BCUT2D eigenvalue weighted by Crippen LogP contribution is 2.46. The van der Waals surface area contributed by atoms with Crippen molar-refractivity contribution in [1.82, 2.24) is 4.90 Å². The number of rotatable bonds is 11. The third-order valence-electron chi connectivity index (χ3n) is 6.54. The zero-order valence-electron chi connectivity index (χ0n) is 22.1. The zero-order chi connectivity index (χ0) is 28.7. The van der Waals surface area contributed by atoms with E-state index in [1.807, 2.05) is 24.3 Å². The third kappa shape index (κ3) is 6.35. The molecular weight excluding hydrogens is 553 g/mol. The zero-order valence-corrected chi connectivity index (χ0v) is 23.6. The van der Waals surface area contributed by atoms with Crippen LogP contribution in [0.25, 0.3) is 10.4 Å². The molecule has 9 nitrogen and oxygen atoms in total. The van der Waals surface area contributed by atoms with E-state index in [9.17, 15) is 4.79 Å². The molecule has 1 N–H and O–H groups in total. The molecule has 4 rings (SSSR count). The average molecular weight is 582 g/mol. The lowest BCUT2D eigenvalue weighted by atomic mass is 9.80.